The van der Waals surface area contributed by atoms with E-state index in [1.54, 1.807) is 0 Å². The molecule has 0 radical (unpaired) electrons. The van der Waals surface area contributed by atoms with Crippen molar-refractivity contribution in [1.29, 1.82) is 0 Å². The molecule has 25 heavy (non-hydrogen) atoms. The van der Waals surface area contributed by atoms with E-state index in [4.69, 9.17) is 34.1 Å². The van der Waals surface area contributed by atoms with Gasteiger partial charge >= 0.3 is 13.4 Å². The first kappa shape index (κ1) is 32.6. The molecule has 0 aromatic carbocycles. The van der Waals surface area contributed by atoms with Crippen LogP contribution in [0.25, 0.3) is 0 Å². The fourth-order valence-corrected chi connectivity index (χ4v) is 0.657. The highest BCUT2D eigenvalue weighted by Gasteiger charge is 1.93. The normalized spacial score (nSPS) is 9.44. The van der Waals surface area contributed by atoms with E-state index in [1.807, 2.05) is 33.8 Å². The highest BCUT2D eigenvalue weighted by atomic mass is 32.5. The van der Waals surface area contributed by atoms with Crippen LogP contribution < -0.4 is 4.74 Å². The van der Waals surface area contributed by atoms with Gasteiger partial charge < -0.3 is 34.1 Å². The Hall–Kier alpha value is -0.0600. The predicted molar refractivity (Wildman–Crippen MR) is 107 cm³/mol. The summed E-state index contributed by atoms with van der Waals surface area (Å²) in [5.74, 6) is 0.648. The van der Waals surface area contributed by atoms with Gasteiger partial charge in [0.05, 0.1) is 6.61 Å². The van der Waals surface area contributed by atoms with Crippen LogP contribution in [0.5, 0.6) is 5.88 Å². The van der Waals surface area contributed by atoms with Crippen LogP contribution in [-0.4, -0.2) is 45.9 Å². The van der Waals surface area contributed by atoms with E-state index in [9.17, 15) is 0 Å². The molecular formula is C12H30N2O7P2S2. The van der Waals surface area contributed by atoms with Crippen LogP contribution in [0.4, 0.5) is 0 Å². The Bertz CT molecular complexity index is 462. The van der Waals surface area contributed by atoms with Crippen molar-refractivity contribution in [1.82, 2.24) is 9.97 Å². The average molecular weight is 440 g/mol. The number of hydrogen-bond acceptors (Lipinski definition) is 5. The molecule has 0 saturated carbocycles. The molecule has 0 aliphatic rings. The number of ether oxygens (including phenoxy) is 1. The Morgan fingerprint density at radius 1 is 0.920 bits per heavy atom. The van der Waals surface area contributed by atoms with Gasteiger partial charge in [-0.05, 0) is 37.5 Å². The third-order valence-corrected chi connectivity index (χ3v) is 1.07. The third kappa shape index (κ3) is 68.8. The number of aromatic nitrogens is 2. The molecule has 0 bridgehead atoms. The topological polar surface area (TPSA) is 156 Å². The molecule has 1 aromatic heterocycles. The fourth-order valence-electron chi connectivity index (χ4n) is 0.657. The number of nitrogens with zero attached hydrogens (tertiary/aromatic N) is 2. The molecule has 1 rings (SSSR count). The Kier molecular flexibility index (Phi) is 26.4. The van der Waals surface area contributed by atoms with Gasteiger partial charge in [0, 0.05) is 11.8 Å². The third-order valence-electron chi connectivity index (χ3n) is 1.07. The molecule has 6 N–H and O–H groups in total. The van der Waals surface area contributed by atoms with Crippen molar-refractivity contribution in [2.45, 2.75) is 48.0 Å². The van der Waals surface area contributed by atoms with Crippen LogP contribution >= 0.6 is 13.4 Å². The van der Waals surface area contributed by atoms with Crippen LogP contribution in [0, 0.1) is 6.92 Å². The SMILES string of the molecule is CC.CCC.CCOc1cc(C)ncn1.OP(O)(O)=S.OP(O)(O)=S. The Morgan fingerprint density at radius 2 is 1.24 bits per heavy atom. The summed E-state index contributed by atoms with van der Waals surface area (Å²) in [6, 6.07) is 1.81. The summed E-state index contributed by atoms with van der Waals surface area (Å²) in [5.41, 5.74) is 0.929. The number of hydrogen-bond donors (Lipinski definition) is 6. The minimum Gasteiger partial charge on any atom is -0.478 e. The van der Waals surface area contributed by atoms with Crippen molar-refractivity contribution in [2.24, 2.45) is 0 Å². The standard InChI is InChI=1S/C7H10N2O.C3H8.C2H6.2H3O3PS/c1-3-10-7-4-6(2)8-5-9-7;1-3-2;1-2;2*1-4(2,3)5/h4-5H,3H2,1-2H3;3H2,1-2H3;1-2H3;2*(H3,1,2,3,5). The summed E-state index contributed by atoms with van der Waals surface area (Å²) in [6.45, 7) is 5.12. The van der Waals surface area contributed by atoms with Gasteiger partial charge in [-0.3, -0.25) is 0 Å². The summed E-state index contributed by atoms with van der Waals surface area (Å²) >= 11 is 7.21. The Morgan fingerprint density at radius 3 is 1.48 bits per heavy atom. The molecule has 0 atom stereocenters. The zero-order valence-electron chi connectivity index (χ0n) is 15.3. The van der Waals surface area contributed by atoms with Gasteiger partial charge in [0.1, 0.15) is 6.33 Å². The van der Waals surface area contributed by atoms with Crippen LogP contribution in [0.15, 0.2) is 12.4 Å². The zero-order chi connectivity index (χ0) is 21.1. The second-order valence-electron chi connectivity index (χ2n) is 3.66. The molecule has 152 valence electrons. The lowest BCUT2D eigenvalue weighted by Crippen LogP contribution is -1.95. The molecule has 1 aromatic rings. The van der Waals surface area contributed by atoms with Gasteiger partial charge in [0.15, 0.2) is 0 Å². The monoisotopic (exact) mass is 440 g/mol. The van der Waals surface area contributed by atoms with Crippen LogP contribution in [0.3, 0.4) is 0 Å². The van der Waals surface area contributed by atoms with E-state index in [-0.39, 0.29) is 0 Å². The molecule has 0 aliphatic carbocycles. The Balaban J connectivity index is -0.000000126. The molecule has 0 aliphatic heterocycles. The van der Waals surface area contributed by atoms with Gasteiger partial charge in [-0.2, -0.15) is 0 Å². The molecule has 0 spiro atoms. The van der Waals surface area contributed by atoms with Crippen molar-refractivity contribution in [3.63, 3.8) is 0 Å². The lowest BCUT2D eigenvalue weighted by molar-refractivity contribution is 0.325. The lowest BCUT2D eigenvalue weighted by atomic mass is 10.4. The Labute approximate surface area is 159 Å². The number of aryl methyl sites for hydroxylation is 1. The van der Waals surface area contributed by atoms with E-state index in [2.05, 4.69) is 47.4 Å². The molecule has 0 unspecified atom stereocenters. The first-order valence-electron chi connectivity index (χ1n) is 7.22. The molecule has 0 fully saturated rings. The van der Waals surface area contributed by atoms with E-state index in [0.717, 1.165) is 5.69 Å². The maximum absolute atomic E-state index is 7.56. The zero-order valence-corrected chi connectivity index (χ0v) is 18.7. The van der Waals surface area contributed by atoms with Crippen LogP contribution in [-0.2, 0) is 23.6 Å². The summed E-state index contributed by atoms with van der Waals surface area (Å²) < 4.78 is 5.14. The fraction of sp³-hybridized carbons (Fsp3) is 0.667. The molecule has 1 heterocycles. The minimum atomic E-state index is -3.81. The molecule has 0 saturated heterocycles. The van der Waals surface area contributed by atoms with E-state index >= 15 is 0 Å². The van der Waals surface area contributed by atoms with E-state index in [1.165, 1.54) is 12.7 Å². The summed E-state index contributed by atoms with van der Waals surface area (Å²) in [6.07, 6.45) is 2.75. The first-order valence-corrected chi connectivity index (χ1v) is 12.5. The van der Waals surface area contributed by atoms with E-state index in [0.29, 0.717) is 12.5 Å². The van der Waals surface area contributed by atoms with Crippen molar-refractivity contribution in [3.05, 3.63) is 18.1 Å². The first-order chi connectivity index (χ1) is 11.2. The molecular weight excluding hydrogens is 410 g/mol. The number of rotatable bonds is 2. The summed E-state index contributed by atoms with van der Waals surface area (Å²) in [7, 11) is 0. The van der Waals surface area contributed by atoms with Crippen molar-refractivity contribution in [2.75, 3.05) is 6.61 Å². The van der Waals surface area contributed by atoms with Crippen molar-refractivity contribution >= 4 is 37.1 Å². The second-order valence-corrected chi connectivity index (χ2v) is 8.66. The smallest absolute Gasteiger partial charge is 0.319 e. The summed E-state index contributed by atoms with van der Waals surface area (Å²) in [5, 5.41) is 0. The largest absolute Gasteiger partial charge is 0.478 e. The molecule has 9 nitrogen and oxygen atoms in total. The molecule has 13 heteroatoms. The van der Waals surface area contributed by atoms with Gasteiger partial charge in [-0.25, -0.2) is 9.97 Å². The summed E-state index contributed by atoms with van der Waals surface area (Å²) in [4.78, 5) is 53.2. The highest BCUT2D eigenvalue weighted by molar-refractivity contribution is 8.06. The van der Waals surface area contributed by atoms with Gasteiger partial charge in [0.25, 0.3) is 0 Å². The van der Waals surface area contributed by atoms with Gasteiger partial charge in [-0.15, -0.1) is 0 Å². The maximum Gasteiger partial charge on any atom is 0.319 e. The van der Waals surface area contributed by atoms with Crippen LogP contribution in [0.2, 0.25) is 0 Å². The predicted octanol–water partition coefficient (Wildman–Crippen LogP) is 2.00. The van der Waals surface area contributed by atoms with E-state index < -0.39 is 13.4 Å². The quantitative estimate of drug-likeness (QED) is 0.374. The maximum atomic E-state index is 7.56. The molecule has 0 amide bonds. The van der Waals surface area contributed by atoms with Crippen molar-refractivity contribution in [3.8, 4) is 5.88 Å². The van der Waals surface area contributed by atoms with Crippen LogP contribution in [0.1, 0.15) is 46.7 Å². The highest BCUT2D eigenvalue weighted by Crippen LogP contribution is 2.26. The van der Waals surface area contributed by atoms with Gasteiger partial charge in [0.2, 0.25) is 5.88 Å². The average Bonchev–Trinajstić information content (AvgIpc) is 2.38. The van der Waals surface area contributed by atoms with Gasteiger partial charge in [-0.1, -0.05) is 34.1 Å². The van der Waals surface area contributed by atoms with Crippen molar-refractivity contribution < 1.29 is 34.1 Å². The minimum absolute atomic E-state index is 0.648. The second kappa shape index (κ2) is 20.3. The lowest BCUT2D eigenvalue weighted by Gasteiger charge is -1.99.